The van der Waals surface area contributed by atoms with Crippen LogP contribution in [0.15, 0.2) is 48.5 Å². The van der Waals surface area contributed by atoms with E-state index in [-0.39, 0.29) is 23.9 Å². The number of nitrogens with zero attached hydrogens (tertiary/aromatic N) is 2. The Balaban J connectivity index is 1.34. The minimum Gasteiger partial charge on any atom is -0.349 e. The van der Waals surface area contributed by atoms with Gasteiger partial charge in [-0.15, -0.1) is 0 Å². The van der Waals surface area contributed by atoms with Gasteiger partial charge >= 0.3 is 6.03 Å². The van der Waals surface area contributed by atoms with E-state index < -0.39 is 6.04 Å². The Morgan fingerprint density at radius 2 is 1.62 bits per heavy atom. The second kappa shape index (κ2) is 7.03. The lowest BCUT2D eigenvalue weighted by Gasteiger charge is -2.28. The van der Waals surface area contributed by atoms with E-state index in [1.807, 2.05) is 24.3 Å². The molecule has 2 aromatic rings. The zero-order valence-corrected chi connectivity index (χ0v) is 16.1. The van der Waals surface area contributed by atoms with Crippen LogP contribution in [0.25, 0.3) is 0 Å². The number of anilines is 1. The molecule has 5 rings (SSSR count). The molecular formula is C23H23N3O3. The molecule has 3 aliphatic rings. The SMILES string of the molecule is O=C(NC1CCCC1)c1ccc(N2C(=O)[C@@H]3Cc4ccccc4CN3C2=O)cc1. The third kappa shape index (κ3) is 3.09. The summed E-state index contributed by atoms with van der Waals surface area (Å²) in [5.41, 5.74) is 3.27. The highest BCUT2D eigenvalue weighted by Gasteiger charge is 2.47. The lowest BCUT2D eigenvalue weighted by molar-refractivity contribution is -0.120. The molecule has 1 aliphatic carbocycles. The van der Waals surface area contributed by atoms with Crippen molar-refractivity contribution in [1.29, 1.82) is 0 Å². The predicted molar refractivity (Wildman–Crippen MR) is 109 cm³/mol. The first-order valence-corrected chi connectivity index (χ1v) is 10.2. The fraction of sp³-hybridized carbons (Fsp3) is 0.348. The number of imide groups is 1. The van der Waals surface area contributed by atoms with Crippen molar-refractivity contribution in [2.75, 3.05) is 4.90 Å². The highest BCUT2D eigenvalue weighted by atomic mass is 16.2. The summed E-state index contributed by atoms with van der Waals surface area (Å²) < 4.78 is 0. The first-order chi connectivity index (χ1) is 14.1. The number of carbonyl (C=O) groups is 3. The highest BCUT2D eigenvalue weighted by molar-refractivity contribution is 6.21. The molecule has 6 nitrogen and oxygen atoms in total. The molecule has 1 N–H and O–H groups in total. The van der Waals surface area contributed by atoms with Crippen molar-refractivity contribution < 1.29 is 14.4 Å². The van der Waals surface area contributed by atoms with Crippen LogP contribution in [-0.2, 0) is 17.8 Å². The van der Waals surface area contributed by atoms with Gasteiger partial charge in [-0.25, -0.2) is 9.69 Å². The van der Waals surface area contributed by atoms with E-state index in [2.05, 4.69) is 5.32 Å². The Labute approximate surface area is 169 Å². The Morgan fingerprint density at radius 3 is 2.34 bits per heavy atom. The molecule has 1 saturated carbocycles. The number of urea groups is 1. The number of carbonyl (C=O) groups excluding carboxylic acids is 3. The van der Waals surface area contributed by atoms with Crippen LogP contribution < -0.4 is 10.2 Å². The van der Waals surface area contributed by atoms with Gasteiger partial charge < -0.3 is 10.2 Å². The molecule has 1 saturated heterocycles. The van der Waals surface area contributed by atoms with E-state index in [0.29, 0.717) is 24.2 Å². The topological polar surface area (TPSA) is 69.7 Å². The van der Waals surface area contributed by atoms with E-state index in [9.17, 15) is 14.4 Å². The summed E-state index contributed by atoms with van der Waals surface area (Å²) in [6.45, 7) is 0.448. The van der Waals surface area contributed by atoms with E-state index >= 15 is 0 Å². The van der Waals surface area contributed by atoms with E-state index in [4.69, 9.17) is 0 Å². The summed E-state index contributed by atoms with van der Waals surface area (Å²) in [4.78, 5) is 41.3. The van der Waals surface area contributed by atoms with Crippen LogP contribution in [0.1, 0.15) is 47.2 Å². The van der Waals surface area contributed by atoms with Gasteiger partial charge in [0.05, 0.1) is 5.69 Å². The van der Waals surface area contributed by atoms with Gasteiger partial charge in [0.1, 0.15) is 6.04 Å². The van der Waals surface area contributed by atoms with Gasteiger partial charge in [-0.3, -0.25) is 9.59 Å². The molecule has 2 aliphatic heterocycles. The number of fused-ring (bicyclic) bond motifs is 2. The van der Waals surface area contributed by atoms with Crippen LogP contribution in [0, 0.1) is 0 Å². The zero-order chi connectivity index (χ0) is 20.0. The van der Waals surface area contributed by atoms with Crippen LogP contribution in [0.5, 0.6) is 0 Å². The molecule has 29 heavy (non-hydrogen) atoms. The van der Waals surface area contributed by atoms with E-state index in [1.165, 1.54) is 4.90 Å². The normalized spacial score (nSPS) is 21.3. The summed E-state index contributed by atoms with van der Waals surface area (Å²) >= 11 is 0. The number of benzene rings is 2. The molecule has 0 radical (unpaired) electrons. The van der Waals surface area contributed by atoms with Crippen LogP contribution in [-0.4, -0.2) is 34.8 Å². The van der Waals surface area contributed by atoms with Gasteiger partial charge in [0.25, 0.3) is 11.8 Å². The lowest BCUT2D eigenvalue weighted by Crippen LogP contribution is -2.39. The molecule has 0 bridgehead atoms. The number of amides is 4. The summed E-state index contributed by atoms with van der Waals surface area (Å²) in [7, 11) is 0. The van der Waals surface area contributed by atoms with Crippen molar-refractivity contribution in [3.05, 3.63) is 65.2 Å². The Bertz CT molecular complexity index is 936. The third-order valence-corrected chi connectivity index (χ3v) is 6.27. The zero-order valence-electron chi connectivity index (χ0n) is 16.1. The highest BCUT2D eigenvalue weighted by Crippen LogP contribution is 2.33. The summed E-state index contributed by atoms with van der Waals surface area (Å²) in [5.74, 6) is -0.303. The summed E-state index contributed by atoms with van der Waals surface area (Å²) in [6.07, 6.45) is 4.91. The quantitative estimate of drug-likeness (QED) is 0.820. The van der Waals surface area contributed by atoms with Crippen molar-refractivity contribution >= 4 is 23.5 Å². The minimum atomic E-state index is -0.456. The maximum atomic E-state index is 13.0. The maximum Gasteiger partial charge on any atom is 0.332 e. The molecule has 1 atom stereocenters. The molecule has 0 unspecified atom stereocenters. The largest absolute Gasteiger partial charge is 0.349 e. The number of hydrogen-bond donors (Lipinski definition) is 1. The lowest BCUT2D eigenvalue weighted by atomic mass is 9.95. The van der Waals surface area contributed by atoms with Crippen LogP contribution in [0.2, 0.25) is 0 Å². The fourth-order valence-electron chi connectivity index (χ4n) is 4.65. The van der Waals surface area contributed by atoms with Crippen molar-refractivity contribution in [2.45, 2.75) is 50.7 Å². The first kappa shape index (κ1) is 17.9. The number of rotatable bonds is 3. The van der Waals surface area contributed by atoms with Gasteiger partial charge in [0.15, 0.2) is 0 Å². The van der Waals surface area contributed by atoms with Crippen LogP contribution >= 0.6 is 0 Å². The summed E-state index contributed by atoms with van der Waals surface area (Å²) in [5, 5.41) is 3.06. The van der Waals surface area contributed by atoms with Gasteiger partial charge in [-0.05, 0) is 48.2 Å². The second-order valence-electron chi connectivity index (χ2n) is 8.07. The molecule has 2 fully saturated rings. The second-order valence-corrected chi connectivity index (χ2v) is 8.07. The van der Waals surface area contributed by atoms with Crippen molar-refractivity contribution in [3.8, 4) is 0 Å². The molecule has 2 aromatic carbocycles. The Kier molecular flexibility index (Phi) is 4.34. The Hall–Kier alpha value is -3.15. The monoisotopic (exact) mass is 389 g/mol. The summed E-state index contributed by atoms with van der Waals surface area (Å²) in [6, 6.07) is 14.2. The molecule has 4 amide bonds. The first-order valence-electron chi connectivity index (χ1n) is 10.2. The smallest absolute Gasteiger partial charge is 0.332 e. The average Bonchev–Trinajstić information content (AvgIpc) is 3.33. The van der Waals surface area contributed by atoms with Crippen molar-refractivity contribution in [3.63, 3.8) is 0 Å². The molecule has 6 heteroatoms. The van der Waals surface area contributed by atoms with Gasteiger partial charge in [0, 0.05) is 24.6 Å². The van der Waals surface area contributed by atoms with Crippen LogP contribution in [0.4, 0.5) is 10.5 Å². The van der Waals surface area contributed by atoms with Gasteiger partial charge in [-0.2, -0.15) is 0 Å². The third-order valence-electron chi connectivity index (χ3n) is 6.27. The Morgan fingerprint density at radius 1 is 0.931 bits per heavy atom. The molecule has 0 spiro atoms. The molecule has 148 valence electrons. The van der Waals surface area contributed by atoms with E-state index in [1.54, 1.807) is 29.2 Å². The fourth-order valence-corrected chi connectivity index (χ4v) is 4.65. The van der Waals surface area contributed by atoms with Crippen molar-refractivity contribution in [1.82, 2.24) is 10.2 Å². The van der Waals surface area contributed by atoms with Gasteiger partial charge in [0.2, 0.25) is 0 Å². The van der Waals surface area contributed by atoms with Crippen molar-refractivity contribution in [2.24, 2.45) is 0 Å². The molecule has 2 heterocycles. The molecule has 0 aromatic heterocycles. The standard InChI is InChI=1S/C23H23N3O3/c27-21(24-18-7-3-4-8-18)15-9-11-19(12-10-15)26-22(28)20-13-16-5-1-2-6-17(16)14-25(20)23(26)29/h1-2,5-6,9-12,18,20H,3-4,7-8,13-14H2,(H,24,27)/t20-/m0/s1. The number of hydrogen-bond acceptors (Lipinski definition) is 3. The average molecular weight is 389 g/mol. The van der Waals surface area contributed by atoms with E-state index in [0.717, 1.165) is 36.8 Å². The maximum absolute atomic E-state index is 13.0. The molecular weight excluding hydrogens is 366 g/mol. The number of nitrogens with one attached hydrogen (secondary N) is 1. The predicted octanol–water partition coefficient (Wildman–Crippen LogP) is 3.25. The minimum absolute atomic E-state index is 0.101. The van der Waals surface area contributed by atoms with Crippen LogP contribution in [0.3, 0.4) is 0 Å². The van der Waals surface area contributed by atoms with Gasteiger partial charge in [-0.1, -0.05) is 37.1 Å².